The van der Waals surface area contributed by atoms with Gasteiger partial charge in [0.1, 0.15) is 18.0 Å². The topological polar surface area (TPSA) is 91.8 Å². The van der Waals surface area contributed by atoms with Crippen LogP contribution in [-0.2, 0) is 28.3 Å². The number of hydrogen-bond acceptors (Lipinski definition) is 8. The SMILES string of the molecule is CCCCCCCCCCCCC(=O)O[C@H]1[C@H](C)CCCC(C)=CCC(C(C)=Cc2csc(C)n2)OC(=O)C[C@H](O[Si](C)(C)C(C)(C)C)C(C)(C)C(=O)[C@@H]1C. The van der Waals surface area contributed by atoms with Gasteiger partial charge in [0.05, 0.1) is 29.1 Å². The molecule has 0 bridgehead atoms. The fourth-order valence-electron chi connectivity index (χ4n) is 7.28. The number of thiazole rings is 1. The van der Waals surface area contributed by atoms with E-state index in [-0.39, 0.29) is 29.1 Å². The third-order valence-corrected chi connectivity index (χ3v) is 17.5. The quantitative estimate of drug-likeness (QED) is 0.0711. The zero-order valence-corrected chi connectivity index (χ0v) is 39.1. The number of esters is 2. The minimum atomic E-state index is -2.45. The molecule has 1 aromatic rings. The van der Waals surface area contributed by atoms with Crippen molar-refractivity contribution in [3.8, 4) is 0 Å². The van der Waals surface area contributed by atoms with Crippen molar-refractivity contribution in [2.75, 3.05) is 0 Å². The van der Waals surface area contributed by atoms with Crippen LogP contribution in [0.25, 0.3) is 6.08 Å². The molecule has 1 aromatic heterocycles. The number of nitrogens with zero attached hydrogens (tertiary/aromatic N) is 1. The van der Waals surface area contributed by atoms with Gasteiger partial charge in [-0.05, 0) is 82.2 Å². The van der Waals surface area contributed by atoms with E-state index in [4.69, 9.17) is 13.9 Å². The van der Waals surface area contributed by atoms with Crippen LogP contribution in [0, 0.1) is 24.2 Å². The van der Waals surface area contributed by atoms with Crippen molar-refractivity contribution >= 4 is 43.5 Å². The summed E-state index contributed by atoms with van der Waals surface area (Å²) in [6.45, 7) is 26.9. The fraction of sp³-hybridized carbons (Fsp3) is 0.783. The summed E-state index contributed by atoms with van der Waals surface area (Å²) in [5.41, 5.74) is 1.94. The Hall–Kier alpha value is -2.10. The lowest BCUT2D eigenvalue weighted by Crippen LogP contribution is -2.53. The molecule has 314 valence electrons. The summed E-state index contributed by atoms with van der Waals surface area (Å²) in [6, 6.07) is 0. The van der Waals surface area contributed by atoms with E-state index >= 15 is 0 Å². The maximum Gasteiger partial charge on any atom is 0.309 e. The molecule has 7 nitrogen and oxygen atoms in total. The molecule has 2 heterocycles. The lowest BCUT2D eigenvalue weighted by Gasteiger charge is -2.44. The summed E-state index contributed by atoms with van der Waals surface area (Å²) in [4.78, 5) is 46.8. The molecule has 0 aromatic carbocycles. The van der Waals surface area contributed by atoms with Crippen molar-refractivity contribution in [1.82, 2.24) is 4.98 Å². The molecule has 0 spiro atoms. The van der Waals surface area contributed by atoms with Gasteiger partial charge in [-0.3, -0.25) is 14.4 Å². The first-order valence-corrected chi connectivity index (χ1v) is 25.3. The monoisotopic (exact) mass is 802 g/mol. The number of Topliss-reactive ketones (excluding diaryl/α,β-unsaturated/α-hetero) is 1. The summed E-state index contributed by atoms with van der Waals surface area (Å²) < 4.78 is 19.6. The number of carbonyl (C=O) groups excluding carboxylic acids is 3. The lowest BCUT2D eigenvalue weighted by molar-refractivity contribution is -0.160. The molecule has 0 amide bonds. The van der Waals surface area contributed by atoms with Gasteiger partial charge in [0.25, 0.3) is 0 Å². The number of cyclic esters (lactones) is 1. The summed E-state index contributed by atoms with van der Waals surface area (Å²) in [5, 5.41) is 2.85. The van der Waals surface area contributed by atoms with Crippen LogP contribution in [0.1, 0.15) is 183 Å². The Balaban J connectivity index is 2.37. The highest BCUT2D eigenvalue weighted by atomic mass is 32.1. The molecule has 0 saturated carbocycles. The first kappa shape index (κ1) is 49.0. The van der Waals surface area contributed by atoms with Gasteiger partial charge in [-0.2, -0.15) is 0 Å². The molecule has 1 aliphatic rings. The number of aromatic nitrogens is 1. The van der Waals surface area contributed by atoms with Crippen LogP contribution in [0.5, 0.6) is 0 Å². The first-order valence-electron chi connectivity index (χ1n) is 21.6. The molecule has 5 atom stereocenters. The Morgan fingerprint density at radius 3 is 2.18 bits per heavy atom. The van der Waals surface area contributed by atoms with Crippen molar-refractivity contribution in [2.24, 2.45) is 17.3 Å². The molecular formula is C46H79NO6SSi. The van der Waals surface area contributed by atoms with E-state index in [2.05, 4.69) is 65.7 Å². The third kappa shape index (κ3) is 16.7. The van der Waals surface area contributed by atoms with E-state index in [1.54, 1.807) is 11.3 Å². The minimum absolute atomic E-state index is 0.0173. The van der Waals surface area contributed by atoms with E-state index in [1.165, 1.54) is 50.5 Å². The number of rotatable bonds is 16. The summed E-state index contributed by atoms with van der Waals surface area (Å²) >= 11 is 1.59. The van der Waals surface area contributed by atoms with Gasteiger partial charge in [-0.15, -0.1) is 11.3 Å². The average Bonchev–Trinajstić information content (AvgIpc) is 3.51. The van der Waals surface area contributed by atoms with Crippen LogP contribution in [0.3, 0.4) is 0 Å². The smallest absolute Gasteiger partial charge is 0.309 e. The molecule has 0 aliphatic carbocycles. The second-order valence-corrected chi connectivity index (χ2v) is 24.5. The highest BCUT2D eigenvalue weighted by Gasteiger charge is 2.49. The number of carbonyl (C=O) groups is 3. The normalized spacial score (nSPS) is 24.0. The molecular weight excluding hydrogens is 723 g/mol. The number of aryl methyl sites for hydroxylation is 1. The second-order valence-electron chi connectivity index (χ2n) is 18.6. The number of hydrogen-bond donors (Lipinski definition) is 0. The van der Waals surface area contributed by atoms with Crippen molar-refractivity contribution in [3.63, 3.8) is 0 Å². The highest BCUT2D eigenvalue weighted by Crippen LogP contribution is 2.42. The maximum atomic E-state index is 14.8. The standard InChI is InChI=1S/C46H79NO6SSi/c1-14-15-16-17-18-19-20-21-22-23-27-41(48)52-43-34(3)26-24-25-33(2)28-29-39(35(4)30-38-32-54-37(6)47-38)51-42(49)31-40(46(10,11)44(50)36(43)5)53-55(12,13)45(7,8)9/h28,30,32,34,36,39-40,43H,14-27,29,31H2,1-13H3/t34-,36-,39?,40+,43+/m1/s1. The maximum absolute atomic E-state index is 14.8. The molecule has 55 heavy (non-hydrogen) atoms. The molecule has 9 heteroatoms. The number of ether oxygens (including phenoxy) is 2. The second kappa shape index (κ2) is 23.3. The Morgan fingerprint density at radius 1 is 1.02 bits per heavy atom. The zero-order chi connectivity index (χ0) is 41.4. The molecule has 2 rings (SSSR count). The molecule has 1 aliphatic heterocycles. The summed E-state index contributed by atoms with van der Waals surface area (Å²) in [5.74, 6) is -1.26. The largest absolute Gasteiger partial charge is 0.461 e. The highest BCUT2D eigenvalue weighted by molar-refractivity contribution is 7.09. The number of ketones is 1. The van der Waals surface area contributed by atoms with Crippen molar-refractivity contribution in [3.05, 3.63) is 33.3 Å². The fourth-order valence-corrected chi connectivity index (χ4v) is 9.30. The van der Waals surface area contributed by atoms with E-state index in [9.17, 15) is 14.4 Å². The van der Waals surface area contributed by atoms with Crippen LogP contribution < -0.4 is 0 Å². The zero-order valence-electron chi connectivity index (χ0n) is 37.2. The minimum Gasteiger partial charge on any atom is -0.461 e. The van der Waals surface area contributed by atoms with Gasteiger partial charge in [-0.25, -0.2) is 4.98 Å². The van der Waals surface area contributed by atoms with E-state index in [0.29, 0.717) is 12.8 Å². The predicted octanol–water partition coefficient (Wildman–Crippen LogP) is 13.2. The Morgan fingerprint density at radius 2 is 1.62 bits per heavy atom. The molecule has 0 radical (unpaired) electrons. The van der Waals surface area contributed by atoms with E-state index in [1.807, 2.05) is 46.1 Å². The molecule has 1 unspecified atom stereocenters. The summed E-state index contributed by atoms with van der Waals surface area (Å²) in [7, 11) is -2.45. The number of unbranched alkanes of at least 4 members (excludes halogenated alkanes) is 9. The average molecular weight is 802 g/mol. The Labute approximate surface area is 341 Å². The molecule has 0 N–H and O–H groups in total. The molecule has 0 saturated heterocycles. The predicted molar refractivity (Wildman–Crippen MR) is 233 cm³/mol. The lowest BCUT2D eigenvalue weighted by atomic mass is 9.73. The van der Waals surface area contributed by atoms with Gasteiger partial charge in [-0.1, -0.05) is 125 Å². The Kier molecular flexibility index (Phi) is 20.8. The Bertz CT molecular complexity index is 1400. The van der Waals surface area contributed by atoms with Crippen LogP contribution in [0.15, 0.2) is 22.6 Å². The molecule has 0 fully saturated rings. The van der Waals surface area contributed by atoms with E-state index in [0.717, 1.165) is 54.8 Å². The van der Waals surface area contributed by atoms with Gasteiger partial charge in [0.2, 0.25) is 0 Å². The van der Waals surface area contributed by atoms with Gasteiger partial charge in [0.15, 0.2) is 8.32 Å². The summed E-state index contributed by atoms with van der Waals surface area (Å²) in [6.07, 6.45) is 17.9. The van der Waals surface area contributed by atoms with Gasteiger partial charge in [0, 0.05) is 23.6 Å². The van der Waals surface area contributed by atoms with Gasteiger partial charge >= 0.3 is 11.9 Å². The van der Waals surface area contributed by atoms with Crippen LogP contribution in [0.4, 0.5) is 0 Å². The van der Waals surface area contributed by atoms with Crippen molar-refractivity contribution in [1.29, 1.82) is 0 Å². The van der Waals surface area contributed by atoms with Crippen LogP contribution in [0.2, 0.25) is 18.1 Å². The van der Waals surface area contributed by atoms with E-state index < -0.39 is 43.9 Å². The first-order chi connectivity index (χ1) is 25.7. The third-order valence-electron chi connectivity index (χ3n) is 12.2. The van der Waals surface area contributed by atoms with Crippen LogP contribution in [-0.4, -0.2) is 49.3 Å². The number of allylic oxidation sites excluding steroid dienone is 1. The van der Waals surface area contributed by atoms with Gasteiger partial charge < -0.3 is 13.9 Å². The van der Waals surface area contributed by atoms with Crippen molar-refractivity contribution < 1.29 is 28.3 Å². The van der Waals surface area contributed by atoms with Crippen molar-refractivity contribution in [2.45, 2.75) is 215 Å². The van der Waals surface area contributed by atoms with Crippen LogP contribution >= 0.6 is 11.3 Å².